The van der Waals surface area contributed by atoms with Crippen molar-refractivity contribution in [2.45, 2.75) is 23.6 Å². The highest BCUT2D eigenvalue weighted by atomic mass is 32.2. The lowest BCUT2D eigenvalue weighted by Gasteiger charge is -2.47. The summed E-state index contributed by atoms with van der Waals surface area (Å²) in [6.45, 7) is 9.00. The normalized spacial score (nSPS) is 24.6. The molecule has 32 heavy (non-hydrogen) atoms. The van der Waals surface area contributed by atoms with E-state index in [1.54, 1.807) is 24.3 Å². The van der Waals surface area contributed by atoms with E-state index in [0.29, 0.717) is 0 Å². The fraction of sp³-hybridized carbons (Fsp3) is 0.429. The van der Waals surface area contributed by atoms with Gasteiger partial charge >= 0.3 is 0 Å². The molecular weight excluding hydrogens is 459 g/mol. The summed E-state index contributed by atoms with van der Waals surface area (Å²) in [5.41, 5.74) is 1.86. The van der Waals surface area contributed by atoms with E-state index in [-0.39, 0.29) is 14.5 Å². The number of nitrogens with zero attached hydrogens (tertiary/aromatic N) is 2. The molecule has 2 aromatic carbocycles. The highest BCUT2D eigenvalue weighted by Gasteiger charge is 2.48. The van der Waals surface area contributed by atoms with Crippen molar-refractivity contribution in [2.24, 2.45) is 0 Å². The topological polar surface area (TPSA) is 114 Å². The Hall–Kier alpha value is -1.89. The zero-order valence-corrected chi connectivity index (χ0v) is 20.0. The molecule has 0 saturated carbocycles. The molecule has 2 bridgehead atoms. The Balaban J connectivity index is 0.000000170. The summed E-state index contributed by atoms with van der Waals surface area (Å²) < 4.78 is 76.7. The van der Waals surface area contributed by atoms with Crippen molar-refractivity contribution >= 4 is 20.2 Å². The first-order valence-corrected chi connectivity index (χ1v) is 12.9. The van der Waals surface area contributed by atoms with Crippen molar-refractivity contribution in [1.29, 1.82) is 0 Å². The number of piperazine rings is 3. The largest absolute Gasteiger partial charge is 0.744 e. The Morgan fingerprint density at radius 2 is 0.938 bits per heavy atom. The first-order valence-electron chi connectivity index (χ1n) is 10.1. The zero-order valence-electron chi connectivity index (χ0n) is 18.4. The predicted molar refractivity (Wildman–Crippen MR) is 115 cm³/mol. The van der Waals surface area contributed by atoms with Gasteiger partial charge in [-0.05, 0) is 42.6 Å². The second-order valence-corrected chi connectivity index (χ2v) is 11.3. The van der Waals surface area contributed by atoms with E-state index in [9.17, 15) is 30.4 Å². The van der Waals surface area contributed by atoms with Crippen molar-refractivity contribution in [2.75, 3.05) is 46.3 Å². The van der Waals surface area contributed by atoms with Crippen molar-refractivity contribution < 1.29 is 39.6 Å². The van der Waals surface area contributed by atoms with E-state index in [4.69, 9.17) is 0 Å². The number of rotatable bonds is 2. The van der Waals surface area contributed by atoms with Crippen LogP contribution >= 0.6 is 0 Å². The van der Waals surface area contributed by atoms with Gasteiger partial charge in [-0.15, -0.1) is 4.71 Å². The lowest BCUT2D eigenvalue weighted by Crippen LogP contribution is -2.70. The number of likely N-dealkylation sites (N-methyl/N-ethyl adjacent to an activating group) is 1. The molecule has 0 amide bonds. The third-order valence-corrected chi connectivity index (χ3v) is 7.44. The smallest absolute Gasteiger partial charge is 0.164 e. The Bertz CT molecular complexity index is 1000. The molecule has 2 aromatic rings. The van der Waals surface area contributed by atoms with Gasteiger partial charge in [-0.3, -0.25) is 0 Å². The van der Waals surface area contributed by atoms with E-state index >= 15 is 0 Å². The average molecular weight is 489 g/mol. The molecule has 0 N–H and O–H groups in total. The number of hydrogen-bond acceptors (Lipinski definition) is 6. The molecule has 0 radical (unpaired) electrons. The number of hydrogen-bond donors (Lipinski definition) is 0. The zero-order chi connectivity index (χ0) is 24.2. The number of quaternary nitrogens is 2. The van der Waals surface area contributed by atoms with Crippen molar-refractivity contribution in [3.8, 4) is 0 Å². The summed E-state index contributed by atoms with van der Waals surface area (Å²) in [6.07, 6.45) is 0. The Labute approximate surface area is 189 Å². The molecule has 5 rings (SSSR count). The molecule has 3 fully saturated rings. The third kappa shape index (κ3) is 7.91. The molecule has 0 aliphatic carbocycles. The number of aryl methyl sites for hydroxylation is 2. The molecule has 0 unspecified atom stereocenters. The Morgan fingerprint density at radius 1 is 0.656 bits per heavy atom. The molecule has 3 saturated heterocycles. The quantitative estimate of drug-likeness (QED) is 0.363. The minimum atomic E-state index is -4.27. The fourth-order valence-corrected chi connectivity index (χ4v) is 4.28. The van der Waals surface area contributed by atoms with Crippen LogP contribution in [-0.4, -0.2) is 81.4 Å². The van der Waals surface area contributed by atoms with Gasteiger partial charge in [0.25, 0.3) is 0 Å². The Kier molecular flexibility index (Phi) is 8.19. The second kappa shape index (κ2) is 9.94. The van der Waals surface area contributed by atoms with Crippen LogP contribution in [0.1, 0.15) is 11.1 Å². The van der Waals surface area contributed by atoms with Crippen LogP contribution in [0.15, 0.2) is 58.3 Å². The van der Waals surface area contributed by atoms with Gasteiger partial charge in [0.2, 0.25) is 0 Å². The van der Waals surface area contributed by atoms with E-state index < -0.39 is 20.2 Å². The first-order chi connectivity index (χ1) is 14.6. The van der Waals surface area contributed by atoms with Gasteiger partial charge in [-0.1, -0.05) is 35.4 Å². The van der Waals surface area contributed by atoms with Crippen LogP contribution in [0.3, 0.4) is 0 Å². The predicted octanol–water partition coefficient (Wildman–Crippen LogP) is 1.96. The van der Waals surface area contributed by atoms with Gasteiger partial charge in [-0.25, -0.2) is 16.8 Å². The molecule has 3 aliphatic rings. The van der Waals surface area contributed by atoms with Crippen LogP contribution in [0.25, 0.3) is 0 Å². The summed E-state index contributed by atoms with van der Waals surface area (Å²) in [6, 6.07) is 11.6. The maximum atomic E-state index is 13.4. The lowest BCUT2D eigenvalue weighted by atomic mass is 10.2. The maximum Gasteiger partial charge on any atom is 0.164 e. The SMILES string of the molecule is C[N+]12CC[N+](F)(CC1)CC2.Cc1ccc(S(=O)(=O)[O-])cc1.Cc1ccc(S(=O)(=O)[O-])cc1. The van der Waals surface area contributed by atoms with E-state index in [2.05, 4.69) is 7.05 Å². The van der Waals surface area contributed by atoms with E-state index in [1.165, 1.54) is 24.3 Å². The van der Waals surface area contributed by atoms with Crippen LogP contribution in [0.5, 0.6) is 0 Å². The lowest BCUT2D eigenvalue weighted by molar-refractivity contribution is -1.14. The van der Waals surface area contributed by atoms with Crippen LogP contribution in [-0.2, 0) is 20.2 Å². The minimum Gasteiger partial charge on any atom is -0.744 e. The fourth-order valence-electron chi connectivity index (χ4n) is 3.34. The molecule has 8 nitrogen and oxygen atoms in total. The van der Waals surface area contributed by atoms with Gasteiger partial charge in [0.1, 0.15) is 39.9 Å². The summed E-state index contributed by atoms with van der Waals surface area (Å²) in [5.74, 6) is 0. The molecular formula is C21H29FN2O6S2. The first kappa shape index (κ1) is 26.4. The number of fused-ring (bicyclic) bond motifs is 3. The van der Waals surface area contributed by atoms with E-state index in [1.807, 2.05) is 13.8 Å². The molecule has 0 aromatic heterocycles. The second-order valence-electron chi connectivity index (χ2n) is 8.52. The summed E-state index contributed by atoms with van der Waals surface area (Å²) >= 11 is 0. The Morgan fingerprint density at radius 3 is 1.16 bits per heavy atom. The monoisotopic (exact) mass is 488 g/mol. The highest BCUT2D eigenvalue weighted by Crippen LogP contribution is 2.24. The van der Waals surface area contributed by atoms with Gasteiger partial charge in [0.15, 0.2) is 19.6 Å². The van der Waals surface area contributed by atoms with Crippen molar-refractivity contribution in [3.05, 3.63) is 59.7 Å². The minimum absolute atomic E-state index is 0.145. The molecule has 178 valence electrons. The molecule has 3 aliphatic heterocycles. The average Bonchev–Trinajstić information content (AvgIpc) is 2.70. The standard InChI is InChI=1S/C7H15FN2.2C7H8O3S/c1-9-2-5-10(8,6-3-9)7-4-9;2*1-6-2-4-7(5-3-6)11(8,9)10/h2-7H2,1H3;2*2-5H,1H3,(H,8,9,10)/q+2;;/p-2. The van der Waals surface area contributed by atoms with Crippen LogP contribution in [0.4, 0.5) is 4.48 Å². The van der Waals surface area contributed by atoms with Gasteiger partial charge < -0.3 is 13.6 Å². The third-order valence-electron chi connectivity index (χ3n) is 5.74. The summed E-state index contributed by atoms with van der Waals surface area (Å²) in [5, 5.41) is 0. The van der Waals surface area contributed by atoms with Gasteiger partial charge in [0.05, 0.1) is 16.8 Å². The molecule has 0 spiro atoms. The number of halogens is 1. The van der Waals surface area contributed by atoms with Crippen LogP contribution < -0.4 is 0 Å². The van der Waals surface area contributed by atoms with Crippen LogP contribution in [0, 0.1) is 13.8 Å². The summed E-state index contributed by atoms with van der Waals surface area (Å²) in [7, 11) is -6.30. The number of benzene rings is 2. The highest BCUT2D eigenvalue weighted by molar-refractivity contribution is 7.86. The van der Waals surface area contributed by atoms with E-state index in [0.717, 1.165) is 54.9 Å². The van der Waals surface area contributed by atoms with Gasteiger partial charge in [0, 0.05) is 0 Å². The molecule has 0 atom stereocenters. The summed E-state index contributed by atoms with van der Waals surface area (Å²) in [4.78, 5) is -0.355. The van der Waals surface area contributed by atoms with Crippen molar-refractivity contribution in [1.82, 2.24) is 0 Å². The van der Waals surface area contributed by atoms with Crippen LogP contribution in [0.2, 0.25) is 0 Å². The maximum absolute atomic E-state index is 13.4. The van der Waals surface area contributed by atoms with Crippen molar-refractivity contribution in [3.63, 3.8) is 0 Å². The van der Waals surface area contributed by atoms with Gasteiger partial charge in [-0.2, -0.15) is 0 Å². The molecule has 11 heteroatoms. The molecule has 3 heterocycles.